The average molecular weight is 406 g/mol. The Labute approximate surface area is 154 Å². The minimum absolute atomic E-state index is 0.157. The van der Waals surface area contributed by atoms with Crippen molar-refractivity contribution in [1.82, 2.24) is 9.97 Å². The number of hydrogen-bond donors (Lipinski definition) is 3. The lowest BCUT2D eigenvalue weighted by molar-refractivity contribution is -0.137. The molecule has 0 radical (unpaired) electrons. The molecule has 2 aromatic rings. The summed E-state index contributed by atoms with van der Waals surface area (Å²) in [7, 11) is 0. The molecule has 0 aliphatic carbocycles. The first-order valence-corrected chi connectivity index (χ1v) is 8.33. The van der Waals surface area contributed by atoms with Gasteiger partial charge in [-0.1, -0.05) is 23.4 Å². The van der Waals surface area contributed by atoms with E-state index in [1.54, 1.807) is 6.26 Å². The summed E-state index contributed by atoms with van der Waals surface area (Å²) in [6.07, 6.45) is -3.09. The van der Waals surface area contributed by atoms with Crippen LogP contribution in [0.3, 0.4) is 0 Å². The van der Waals surface area contributed by atoms with Gasteiger partial charge in [-0.2, -0.15) is 13.2 Å². The first-order chi connectivity index (χ1) is 12.0. The number of nitrogens with two attached hydrogens (primary N) is 2. The number of primary amides is 2. The summed E-state index contributed by atoms with van der Waals surface area (Å²) in [5, 5.41) is 2.41. The number of amides is 2. The van der Waals surface area contributed by atoms with Crippen molar-refractivity contribution in [2.75, 3.05) is 11.6 Å². The molecule has 2 rings (SSSR count). The summed E-state index contributed by atoms with van der Waals surface area (Å²) in [6, 6.07) is 2.42. The van der Waals surface area contributed by atoms with E-state index in [1.807, 2.05) is 0 Å². The number of alkyl halides is 3. The van der Waals surface area contributed by atoms with Gasteiger partial charge in [-0.25, -0.2) is 9.97 Å². The monoisotopic (exact) mass is 405 g/mol. The fourth-order valence-corrected chi connectivity index (χ4v) is 2.63. The van der Waals surface area contributed by atoms with Crippen LogP contribution in [-0.4, -0.2) is 28.0 Å². The summed E-state index contributed by atoms with van der Waals surface area (Å²) in [5.41, 5.74) is 8.34. The third-order valence-electron chi connectivity index (χ3n) is 3.08. The first kappa shape index (κ1) is 19.8. The lowest BCUT2D eigenvalue weighted by Crippen LogP contribution is -2.17. The van der Waals surface area contributed by atoms with Crippen molar-refractivity contribution < 1.29 is 22.8 Å². The molecule has 0 saturated heterocycles. The standard InChI is InChI=1S/C14H11ClF3N5O2S/c1-26-13-22-9(15)8(11(20)25)12(23-13)21-7-3-5(10(19)24)2-6(4-7)14(16,17)18/h2-4H,1H3,(H2,19,24)(H2,20,25)(H,21,22,23). The molecule has 0 aliphatic rings. The predicted octanol–water partition coefficient (Wildman–Crippen LogP) is 2.81. The maximum atomic E-state index is 13.0. The number of thioether (sulfide) groups is 1. The molecule has 0 bridgehead atoms. The van der Waals surface area contributed by atoms with Crippen LogP contribution >= 0.6 is 23.4 Å². The topological polar surface area (TPSA) is 124 Å². The molecule has 138 valence electrons. The Balaban J connectivity index is 2.61. The minimum atomic E-state index is -4.72. The lowest BCUT2D eigenvalue weighted by atomic mass is 10.1. The van der Waals surface area contributed by atoms with E-state index in [-0.39, 0.29) is 32.9 Å². The van der Waals surface area contributed by atoms with Gasteiger partial charge < -0.3 is 16.8 Å². The lowest BCUT2D eigenvalue weighted by Gasteiger charge is -2.14. The maximum Gasteiger partial charge on any atom is 0.416 e. The highest BCUT2D eigenvalue weighted by Crippen LogP contribution is 2.33. The zero-order valence-corrected chi connectivity index (χ0v) is 14.6. The van der Waals surface area contributed by atoms with Gasteiger partial charge in [-0.3, -0.25) is 9.59 Å². The molecule has 0 aliphatic heterocycles. The van der Waals surface area contributed by atoms with Gasteiger partial charge in [0.1, 0.15) is 16.5 Å². The largest absolute Gasteiger partial charge is 0.416 e. The second-order valence-corrected chi connectivity index (χ2v) is 6.01. The zero-order valence-electron chi connectivity index (χ0n) is 13.0. The molecular formula is C14H11ClF3N5O2S. The molecule has 0 fully saturated rings. The van der Waals surface area contributed by atoms with Gasteiger partial charge in [-0.05, 0) is 24.5 Å². The van der Waals surface area contributed by atoms with Crippen molar-refractivity contribution in [3.63, 3.8) is 0 Å². The first-order valence-electron chi connectivity index (χ1n) is 6.73. The summed E-state index contributed by atoms with van der Waals surface area (Å²) in [6.45, 7) is 0. The van der Waals surface area contributed by atoms with Crippen LogP contribution in [-0.2, 0) is 6.18 Å². The molecule has 26 heavy (non-hydrogen) atoms. The summed E-state index contributed by atoms with van der Waals surface area (Å²) in [4.78, 5) is 30.7. The van der Waals surface area contributed by atoms with Crippen LogP contribution in [0.25, 0.3) is 0 Å². The van der Waals surface area contributed by atoms with Crippen LogP contribution < -0.4 is 16.8 Å². The van der Waals surface area contributed by atoms with Crippen LogP contribution in [0.2, 0.25) is 5.15 Å². The van der Waals surface area contributed by atoms with E-state index < -0.39 is 23.6 Å². The molecule has 7 nitrogen and oxygen atoms in total. The molecule has 12 heteroatoms. The van der Waals surface area contributed by atoms with E-state index in [9.17, 15) is 22.8 Å². The number of rotatable bonds is 5. The van der Waals surface area contributed by atoms with E-state index in [0.717, 1.165) is 23.9 Å². The highest BCUT2D eigenvalue weighted by Gasteiger charge is 2.32. The number of halogens is 4. The predicted molar refractivity (Wildman–Crippen MR) is 90.6 cm³/mol. The highest BCUT2D eigenvalue weighted by molar-refractivity contribution is 7.98. The molecule has 0 atom stereocenters. The molecule has 0 unspecified atom stereocenters. The molecule has 0 spiro atoms. The number of hydrogen-bond acceptors (Lipinski definition) is 6. The van der Waals surface area contributed by atoms with Crippen molar-refractivity contribution in [3.8, 4) is 0 Å². The van der Waals surface area contributed by atoms with Crippen molar-refractivity contribution in [3.05, 3.63) is 40.0 Å². The molecule has 2 amide bonds. The third-order valence-corrected chi connectivity index (χ3v) is 3.90. The van der Waals surface area contributed by atoms with Gasteiger partial charge in [-0.15, -0.1) is 0 Å². The van der Waals surface area contributed by atoms with Crippen molar-refractivity contribution in [2.24, 2.45) is 11.5 Å². The number of anilines is 2. The number of nitrogens with zero attached hydrogens (tertiary/aromatic N) is 2. The van der Waals surface area contributed by atoms with Gasteiger partial charge in [0.05, 0.1) is 5.56 Å². The van der Waals surface area contributed by atoms with Gasteiger partial charge in [0.2, 0.25) is 5.91 Å². The van der Waals surface area contributed by atoms with E-state index >= 15 is 0 Å². The summed E-state index contributed by atoms with van der Waals surface area (Å²) >= 11 is 6.99. The van der Waals surface area contributed by atoms with Gasteiger partial charge in [0.25, 0.3) is 5.91 Å². The van der Waals surface area contributed by atoms with Crippen LogP contribution in [0.4, 0.5) is 24.7 Å². The Morgan fingerprint density at radius 1 is 1.15 bits per heavy atom. The molecule has 1 aromatic heterocycles. The van der Waals surface area contributed by atoms with Crippen LogP contribution in [0, 0.1) is 0 Å². The summed E-state index contributed by atoms with van der Waals surface area (Å²) in [5.74, 6) is -2.23. The minimum Gasteiger partial charge on any atom is -0.366 e. The van der Waals surface area contributed by atoms with E-state index in [1.165, 1.54) is 0 Å². The number of benzene rings is 1. The molecular weight excluding hydrogens is 395 g/mol. The maximum absolute atomic E-state index is 13.0. The van der Waals surface area contributed by atoms with Gasteiger partial charge >= 0.3 is 6.18 Å². The molecule has 1 heterocycles. The van der Waals surface area contributed by atoms with Crippen LogP contribution in [0.15, 0.2) is 23.4 Å². The van der Waals surface area contributed by atoms with Crippen molar-refractivity contribution in [2.45, 2.75) is 11.3 Å². The van der Waals surface area contributed by atoms with E-state index in [2.05, 4.69) is 15.3 Å². The van der Waals surface area contributed by atoms with Crippen LogP contribution in [0.1, 0.15) is 26.3 Å². The molecule has 1 aromatic carbocycles. The SMILES string of the molecule is CSc1nc(Cl)c(C(N)=O)c(Nc2cc(C(N)=O)cc(C(F)(F)F)c2)n1. The second kappa shape index (κ2) is 7.38. The Kier molecular flexibility index (Phi) is 5.62. The number of carbonyl (C=O) groups excluding carboxylic acids is 2. The smallest absolute Gasteiger partial charge is 0.366 e. The Hall–Kier alpha value is -2.53. The fraction of sp³-hybridized carbons (Fsp3) is 0.143. The Bertz CT molecular complexity index is 892. The van der Waals surface area contributed by atoms with Gasteiger partial charge in [0.15, 0.2) is 5.16 Å². The quantitative estimate of drug-likeness (QED) is 0.399. The van der Waals surface area contributed by atoms with Crippen molar-refractivity contribution >= 4 is 46.7 Å². The van der Waals surface area contributed by atoms with E-state index in [0.29, 0.717) is 6.07 Å². The summed E-state index contributed by atoms with van der Waals surface area (Å²) < 4.78 is 39.1. The number of nitrogens with one attached hydrogen (secondary N) is 1. The fourth-order valence-electron chi connectivity index (χ4n) is 1.96. The normalized spacial score (nSPS) is 11.3. The third kappa shape index (κ3) is 4.35. The van der Waals surface area contributed by atoms with Crippen LogP contribution in [0.5, 0.6) is 0 Å². The van der Waals surface area contributed by atoms with E-state index in [4.69, 9.17) is 23.1 Å². The molecule has 5 N–H and O–H groups in total. The number of aromatic nitrogens is 2. The van der Waals surface area contributed by atoms with Crippen molar-refractivity contribution in [1.29, 1.82) is 0 Å². The Morgan fingerprint density at radius 3 is 2.31 bits per heavy atom. The molecule has 0 saturated carbocycles. The highest BCUT2D eigenvalue weighted by atomic mass is 35.5. The average Bonchev–Trinajstić information content (AvgIpc) is 2.52. The Morgan fingerprint density at radius 2 is 1.81 bits per heavy atom. The van der Waals surface area contributed by atoms with Gasteiger partial charge in [0, 0.05) is 11.3 Å². The second-order valence-electron chi connectivity index (χ2n) is 4.88. The zero-order chi connectivity index (χ0) is 19.6. The number of carbonyl (C=O) groups is 2.